The summed E-state index contributed by atoms with van der Waals surface area (Å²) >= 11 is 0. The van der Waals surface area contributed by atoms with Gasteiger partial charge in [0.1, 0.15) is 0 Å². The van der Waals surface area contributed by atoms with E-state index in [9.17, 15) is 9.59 Å². The van der Waals surface area contributed by atoms with E-state index in [0.29, 0.717) is 0 Å². The number of ketones is 1. The Hall–Kier alpha value is -1.06. The Kier molecular flexibility index (Phi) is 3.91. The van der Waals surface area contributed by atoms with Crippen molar-refractivity contribution in [2.45, 2.75) is 20.8 Å². The molecular weight excluding hydrogens is 170 g/mol. The number of carbonyl (C=O) groups is 2. The van der Waals surface area contributed by atoms with Gasteiger partial charge in [0, 0.05) is 12.5 Å². The number of ether oxygens (including phenoxy) is 1. The third-order valence-corrected chi connectivity index (χ3v) is 1.70. The predicted octanol–water partition coefficient (Wildman–Crippen LogP) is 1.30. The van der Waals surface area contributed by atoms with Gasteiger partial charge in [-0.1, -0.05) is 20.8 Å². The van der Waals surface area contributed by atoms with Crippen LogP contribution in [-0.4, -0.2) is 37.5 Å². The van der Waals surface area contributed by atoms with Gasteiger partial charge >= 0.3 is 6.09 Å². The summed E-state index contributed by atoms with van der Waals surface area (Å²) in [6.07, 6.45) is -0.488. The monoisotopic (exact) mass is 187 g/mol. The Morgan fingerprint density at radius 1 is 1.31 bits per heavy atom. The molecule has 0 atom stereocenters. The molecule has 0 fully saturated rings. The first-order valence-electron chi connectivity index (χ1n) is 4.11. The van der Waals surface area contributed by atoms with Crippen LogP contribution in [0.4, 0.5) is 4.79 Å². The summed E-state index contributed by atoms with van der Waals surface area (Å²) in [5.41, 5.74) is -0.414. The molecule has 1 amide bonds. The highest BCUT2D eigenvalue weighted by molar-refractivity contribution is 5.87. The van der Waals surface area contributed by atoms with Crippen molar-refractivity contribution in [3.05, 3.63) is 0 Å². The van der Waals surface area contributed by atoms with Crippen LogP contribution in [0.5, 0.6) is 0 Å². The molecule has 0 radical (unpaired) electrons. The Labute approximate surface area is 78.9 Å². The Morgan fingerprint density at radius 3 is 2.08 bits per heavy atom. The van der Waals surface area contributed by atoms with Gasteiger partial charge < -0.3 is 9.64 Å². The van der Waals surface area contributed by atoms with Crippen LogP contribution in [0.2, 0.25) is 0 Å². The normalized spacial score (nSPS) is 10.8. The number of hydrogen-bond donors (Lipinski definition) is 0. The molecule has 0 unspecified atom stereocenters. The second-order valence-corrected chi connectivity index (χ2v) is 4.00. The lowest BCUT2D eigenvalue weighted by Gasteiger charge is -2.21. The molecule has 4 heteroatoms. The molecule has 0 saturated carbocycles. The van der Waals surface area contributed by atoms with Gasteiger partial charge in [-0.05, 0) is 0 Å². The average molecular weight is 187 g/mol. The van der Waals surface area contributed by atoms with Gasteiger partial charge in [0.05, 0.1) is 13.7 Å². The fourth-order valence-electron chi connectivity index (χ4n) is 0.673. The highest BCUT2D eigenvalue weighted by Crippen LogP contribution is 2.14. The van der Waals surface area contributed by atoms with Gasteiger partial charge in [-0.25, -0.2) is 4.79 Å². The van der Waals surface area contributed by atoms with Gasteiger partial charge in [0.25, 0.3) is 0 Å². The zero-order valence-corrected chi connectivity index (χ0v) is 8.88. The minimum Gasteiger partial charge on any atom is -0.453 e. The fourth-order valence-corrected chi connectivity index (χ4v) is 0.673. The maximum absolute atomic E-state index is 11.4. The second kappa shape index (κ2) is 4.25. The standard InChI is InChI=1S/C9H17NO3/c1-9(2,3)7(11)6-10(4)8(12)13-5/h6H2,1-5H3. The summed E-state index contributed by atoms with van der Waals surface area (Å²) in [7, 11) is 2.83. The van der Waals surface area contributed by atoms with Crippen molar-refractivity contribution >= 4 is 11.9 Å². The number of rotatable bonds is 2. The van der Waals surface area contributed by atoms with E-state index in [4.69, 9.17) is 0 Å². The summed E-state index contributed by atoms with van der Waals surface area (Å²) in [6, 6.07) is 0. The SMILES string of the molecule is COC(=O)N(C)CC(=O)C(C)(C)C. The summed E-state index contributed by atoms with van der Waals surface area (Å²) in [5.74, 6) is 0.0143. The number of nitrogens with zero attached hydrogens (tertiary/aromatic N) is 1. The van der Waals surface area contributed by atoms with Crippen molar-refractivity contribution < 1.29 is 14.3 Å². The molecule has 0 aromatic heterocycles. The Bertz CT molecular complexity index is 205. The van der Waals surface area contributed by atoms with Crippen molar-refractivity contribution in [2.24, 2.45) is 5.41 Å². The molecule has 0 aromatic carbocycles. The highest BCUT2D eigenvalue weighted by Gasteiger charge is 2.24. The van der Waals surface area contributed by atoms with E-state index in [0.717, 1.165) is 0 Å². The maximum atomic E-state index is 11.4. The average Bonchev–Trinajstić information content (AvgIpc) is 2.01. The van der Waals surface area contributed by atoms with E-state index in [-0.39, 0.29) is 12.3 Å². The van der Waals surface area contributed by atoms with Crippen LogP contribution in [0.1, 0.15) is 20.8 Å². The largest absolute Gasteiger partial charge is 0.453 e. The molecule has 0 saturated heterocycles. The van der Waals surface area contributed by atoms with Gasteiger partial charge in [0.2, 0.25) is 0 Å². The molecule has 0 aliphatic carbocycles. The number of hydrogen-bond acceptors (Lipinski definition) is 3. The molecule has 0 rings (SSSR count). The third kappa shape index (κ3) is 3.92. The van der Waals surface area contributed by atoms with Crippen molar-refractivity contribution in [3.63, 3.8) is 0 Å². The molecule has 0 aliphatic heterocycles. The van der Waals surface area contributed by atoms with Gasteiger partial charge in [0.15, 0.2) is 5.78 Å². The minimum atomic E-state index is -0.488. The molecule has 0 aromatic rings. The van der Waals surface area contributed by atoms with Gasteiger partial charge in [-0.3, -0.25) is 4.79 Å². The molecule has 0 heterocycles. The van der Waals surface area contributed by atoms with E-state index in [1.54, 1.807) is 0 Å². The summed E-state index contributed by atoms with van der Waals surface area (Å²) < 4.78 is 4.46. The Morgan fingerprint density at radius 2 is 1.77 bits per heavy atom. The topological polar surface area (TPSA) is 46.6 Å². The lowest BCUT2D eigenvalue weighted by Crippen LogP contribution is -2.37. The number of Topliss-reactive ketones (excluding diaryl/α,β-unsaturated/α-hetero) is 1. The smallest absolute Gasteiger partial charge is 0.409 e. The highest BCUT2D eigenvalue weighted by atomic mass is 16.5. The molecule has 0 bridgehead atoms. The van der Waals surface area contributed by atoms with Crippen LogP contribution in [-0.2, 0) is 9.53 Å². The first-order valence-corrected chi connectivity index (χ1v) is 4.11. The van der Waals surface area contributed by atoms with E-state index in [1.165, 1.54) is 19.1 Å². The van der Waals surface area contributed by atoms with Crippen LogP contribution in [0, 0.1) is 5.41 Å². The number of carbonyl (C=O) groups excluding carboxylic acids is 2. The minimum absolute atomic E-state index is 0.0143. The third-order valence-electron chi connectivity index (χ3n) is 1.70. The van der Waals surface area contributed by atoms with E-state index in [1.807, 2.05) is 20.8 Å². The number of methoxy groups -OCH3 is 1. The van der Waals surface area contributed by atoms with Crippen LogP contribution in [0.15, 0.2) is 0 Å². The van der Waals surface area contributed by atoms with Crippen LogP contribution in [0.3, 0.4) is 0 Å². The van der Waals surface area contributed by atoms with Crippen molar-refractivity contribution in [1.29, 1.82) is 0 Å². The maximum Gasteiger partial charge on any atom is 0.409 e. The first kappa shape index (κ1) is 11.9. The fraction of sp³-hybridized carbons (Fsp3) is 0.778. The number of likely N-dealkylation sites (N-methyl/N-ethyl adjacent to an activating group) is 1. The van der Waals surface area contributed by atoms with Crippen molar-refractivity contribution in [3.8, 4) is 0 Å². The molecule has 0 aliphatic rings. The summed E-state index contributed by atoms with van der Waals surface area (Å²) in [5, 5.41) is 0. The molecular formula is C9H17NO3. The zero-order chi connectivity index (χ0) is 10.6. The lowest BCUT2D eigenvalue weighted by molar-refractivity contribution is -0.126. The van der Waals surface area contributed by atoms with Gasteiger partial charge in [-0.2, -0.15) is 0 Å². The van der Waals surface area contributed by atoms with Crippen molar-refractivity contribution in [1.82, 2.24) is 4.90 Å². The molecule has 0 N–H and O–H groups in total. The summed E-state index contributed by atoms with van der Waals surface area (Å²) in [4.78, 5) is 23.6. The molecule has 4 nitrogen and oxygen atoms in total. The quantitative estimate of drug-likeness (QED) is 0.654. The van der Waals surface area contributed by atoms with Crippen LogP contribution >= 0.6 is 0 Å². The zero-order valence-electron chi connectivity index (χ0n) is 8.88. The Balaban J connectivity index is 4.15. The van der Waals surface area contributed by atoms with Crippen LogP contribution < -0.4 is 0 Å². The second-order valence-electron chi connectivity index (χ2n) is 4.00. The van der Waals surface area contributed by atoms with Crippen molar-refractivity contribution in [2.75, 3.05) is 20.7 Å². The van der Waals surface area contributed by atoms with Crippen LogP contribution in [0.25, 0.3) is 0 Å². The summed E-state index contributed by atoms with van der Waals surface area (Å²) in [6.45, 7) is 5.55. The lowest BCUT2D eigenvalue weighted by atomic mass is 9.91. The molecule has 0 spiro atoms. The van der Waals surface area contributed by atoms with Gasteiger partial charge in [-0.15, -0.1) is 0 Å². The number of amides is 1. The van der Waals surface area contributed by atoms with E-state index in [2.05, 4.69) is 4.74 Å². The van der Waals surface area contributed by atoms with E-state index < -0.39 is 11.5 Å². The first-order chi connectivity index (χ1) is 5.79. The molecule has 76 valence electrons. The van der Waals surface area contributed by atoms with E-state index >= 15 is 0 Å². The molecule has 13 heavy (non-hydrogen) atoms. The predicted molar refractivity (Wildman–Crippen MR) is 49.5 cm³/mol.